The monoisotopic (exact) mass is 464 g/mol. The van der Waals surface area contributed by atoms with Crippen LogP contribution in [0.2, 0.25) is 0 Å². The molecule has 32 heavy (non-hydrogen) atoms. The molecule has 158 valence electrons. The molecule has 0 saturated carbocycles. The minimum absolute atomic E-state index is 0.0353. The second-order valence-corrected chi connectivity index (χ2v) is 8.33. The summed E-state index contributed by atoms with van der Waals surface area (Å²) >= 11 is 1.47. The first-order valence-electron chi connectivity index (χ1n) is 9.31. The number of thiazole rings is 1. The summed E-state index contributed by atoms with van der Waals surface area (Å²) in [4.78, 5) is 20.9. The normalized spacial score (nSPS) is 10.7. The molecule has 0 bridgehead atoms. The summed E-state index contributed by atoms with van der Waals surface area (Å²) < 4.78 is 25.5. The molecule has 4 rings (SSSR count). The van der Waals surface area contributed by atoms with Crippen LogP contribution in [0.4, 0.5) is 13.9 Å². The maximum absolute atomic E-state index is 12.7. The van der Waals surface area contributed by atoms with Gasteiger partial charge in [-0.1, -0.05) is 30.3 Å². The lowest BCUT2D eigenvalue weighted by molar-refractivity contribution is 0.102. The number of pyridine rings is 1. The lowest BCUT2D eigenvalue weighted by Crippen LogP contribution is -2.13. The van der Waals surface area contributed by atoms with Crippen molar-refractivity contribution in [3.05, 3.63) is 83.4 Å². The van der Waals surface area contributed by atoms with E-state index in [9.17, 15) is 13.6 Å². The van der Waals surface area contributed by atoms with Gasteiger partial charge in [0.25, 0.3) is 11.7 Å². The van der Waals surface area contributed by atoms with E-state index in [0.717, 1.165) is 16.7 Å². The van der Waals surface area contributed by atoms with Crippen LogP contribution in [0, 0.1) is 11.3 Å². The van der Waals surface area contributed by atoms with Crippen molar-refractivity contribution < 1.29 is 13.6 Å². The molecule has 4 aromatic rings. The van der Waals surface area contributed by atoms with Crippen molar-refractivity contribution in [1.29, 1.82) is 5.26 Å². The van der Waals surface area contributed by atoms with Gasteiger partial charge in [0.1, 0.15) is 5.03 Å². The quantitative estimate of drug-likeness (QED) is 0.338. The van der Waals surface area contributed by atoms with E-state index in [1.165, 1.54) is 29.7 Å². The van der Waals surface area contributed by atoms with Crippen LogP contribution in [0.5, 0.6) is 0 Å². The first-order chi connectivity index (χ1) is 15.5. The summed E-state index contributed by atoms with van der Waals surface area (Å²) in [6, 6.07) is 20.1. The number of alkyl halides is 2. The first-order valence-corrected chi connectivity index (χ1v) is 11.1. The van der Waals surface area contributed by atoms with Crippen molar-refractivity contribution in [3.63, 3.8) is 0 Å². The smallest absolute Gasteiger partial charge is 0.290 e. The molecule has 0 aliphatic rings. The zero-order valence-electron chi connectivity index (χ0n) is 16.3. The molecule has 9 heteroatoms. The average Bonchev–Trinajstić information content (AvgIpc) is 3.27. The van der Waals surface area contributed by atoms with Crippen molar-refractivity contribution in [1.82, 2.24) is 9.97 Å². The third kappa shape index (κ3) is 4.99. The fourth-order valence-corrected chi connectivity index (χ4v) is 4.26. The molecule has 1 amide bonds. The van der Waals surface area contributed by atoms with Gasteiger partial charge in [0.15, 0.2) is 5.13 Å². The highest BCUT2D eigenvalue weighted by Crippen LogP contribution is 2.30. The largest absolute Gasteiger partial charge is 0.298 e. The van der Waals surface area contributed by atoms with E-state index in [1.807, 2.05) is 41.8 Å². The summed E-state index contributed by atoms with van der Waals surface area (Å²) in [6.45, 7) is 0. The van der Waals surface area contributed by atoms with Crippen molar-refractivity contribution in [2.24, 2.45) is 0 Å². The van der Waals surface area contributed by atoms with Gasteiger partial charge in [0, 0.05) is 17.1 Å². The topological polar surface area (TPSA) is 78.7 Å². The number of nitriles is 1. The number of nitrogens with zero attached hydrogens (tertiary/aromatic N) is 3. The van der Waals surface area contributed by atoms with E-state index in [-0.39, 0.29) is 22.4 Å². The lowest BCUT2D eigenvalue weighted by Gasteiger charge is -2.07. The van der Waals surface area contributed by atoms with Gasteiger partial charge in [-0.05, 0) is 53.2 Å². The Hall–Kier alpha value is -3.61. The number of anilines is 1. The summed E-state index contributed by atoms with van der Waals surface area (Å²) in [5.41, 5.74) is 4.13. The Balaban J connectivity index is 1.53. The van der Waals surface area contributed by atoms with Crippen LogP contribution < -0.4 is 5.32 Å². The maximum Gasteiger partial charge on any atom is 0.290 e. The molecule has 0 spiro atoms. The minimum Gasteiger partial charge on any atom is -0.298 e. The van der Waals surface area contributed by atoms with Crippen LogP contribution in [0.1, 0.15) is 15.9 Å². The Bertz CT molecular complexity index is 1300. The van der Waals surface area contributed by atoms with Gasteiger partial charge in [-0.15, -0.1) is 11.3 Å². The Morgan fingerprint density at radius 3 is 2.59 bits per heavy atom. The Morgan fingerprint density at radius 2 is 1.84 bits per heavy atom. The van der Waals surface area contributed by atoms with E-state index >= 15 is 0 Å². The summed E-state index contributed by atoms with van der Waals surface area (Å²) in [5, 5.41) is 13.7. The average molecular weight is 465 g/mol. The molecule has 0 radical (unpaired) electrons. The molecule has 0 unspecified atom stereocenters. The van der Waals surface area contributed by atoms with E-state index in [1.54, 1.807) is 12.1 Å². The molecule has 0 aliphatic carbocycles. The van der Waals surface area contributed by atoms with Gasteiger partial charge in [-0.25, -0.2) is 9.97 Å². The summed E-state index contributed by atoms with van der Waals surface area (Å²) in [5.74, 6) is -3.22. The molecule has 2 heterocycles. The Morgan fingerprint density at radius 1 is 1.06 bits per heavy atom. The molecule has 0 aliphatic heterocycles. The number of benzene rings is 2. The third-order valence-electron chi connectivity index (χ3n) is 4.45. The number of carbonyl (C=O) groups excluding carboxylic acids is 1. The van der Waals surface area contributed by atoms with Crippen molar-refractivity contribution in [3.8, 4) is 28.5 Å². The van der Waals surface area contributed by atoms with Gasteiger partial charge in [-0.2, -0.15) is 14.0 Å². The summed E-state index contributed by atoms with van der Waals surface area (Å²) in [7, 11) is 0. The lowest BCUT2D eigenvalue weighted by atomic mass is 10.0. The number of rotatable bonds is 6. The number of amides is 1. The number of hydrogen-bond acceptors (Lipinski definition) is 6. The molecule has 1 N–H and O–H groups in total. The second-order valence-electron chi connectivity index (χ2n) is 6.50. The zero-order chi connectivity index (χ0) is 22.5. The van der Waals surface area contributed by atoms with Gasteiger partial charge >= 0.3 is 0 Å². The van der Waals surface area contributed by atoms with Crippen LogP contribution in [0.25, 0.3) is 22.4 Å². The van der Waals surface area contributed by atoms with Gasteiger partial charge < -0.3 is 0 Å². The van der Waals surface area contributed by atoms with Gasteiger partial charge in [0.05, 0.1) is 22.9 Å². The second kappa shape index (κ2) is 9.68. The number of nitrogens with one attached hydrogen (secondary N) is 1. The van der Waals surface area contributed by atoms with Crippen LogP contribution in [0.3, 0.4) is 0 Å². The van der Waals surface area contributed by atoms with E-state index in [0.29, 0.717) is 16.4 Å². The SMILES string of the molecule is N#Cc1ccc(-c2cccc(-c3csc(NC(=O)c4cccnc4SC(F)F)n3)c2)cc1. The number of thioether (sulfide) groups is 1. The number of aromatic nitrogens is 2. The highest BCUT2D eigenvalue weighted by molar-refractivity contribution is 7.99. The van der Waals surface area contributed by atoms with Crippen molar-refractivity contribution in [2.45, 2.75) is 10.8 Å². The molecular weight excluding hydrogens is 450 g/mol. The molecule has 2 aromatic carbocycles. The van der Waals surface area contributed by atoms with Crippen LogP contribution in [-0.2, 0) is 0 Å². The highest BCUT2D eigenvalue weighted by atomic mass is 32.2. The fraction of sp³-hybridized carbons (Fsp3) is 0.0435. The first kappa shape index (κ1) is 21.6. The van der Waals surface area contributed by atoms with Crippen LogP contribution >= 0.6 is 23.1 Å². The highest BCUT2D eigenvalue weighted by Gasteiger charge is 2.18. The third-order valence-corrected chi connectivity index (χ3v) is 5.93. The molecule has 5 nitrogen and oxygen atoms in total. The van der Waals surface area contributed by atoms with Crippen molar-refractivity contribution >= 4 is 34.1 Å². The molecule has 2 aromatic heterocycles. The Kier molecular flexibility index (Phi) is 6.54. The van der Waals surface area contributed by atoms with E-state index in [2.05, 4.69) is 21.4 Å². The van der Waals surface area contributed by atoms with Gasteiger partial charge in [-0.3, -0.25) is 10.1 Å². The van der Waals surface area contributed by atoms with Crippen molar-refractivity contribution in [2.75, 3.05) is 5.32 Å². The molecule has 0 fully saturated rings. The number of halogens is 2. The van der Waals surface area contributed by atoms with E-state index < -0.39 is 11.7 Å². The predicted molar refractivity (Wildman–Crippen MR) is 122 cm³/mol. The van der Waals surface area contributed by atoms with Crippen LogP contribution in [0.15, 0.2) is 77.3 Å². The van der Waals surface area contributed by atoms with Gasteiger partial charge in [0.2, 0.25) is 0 Å². The molecular formula is C23H14F2N4OS2. The fourth-order valence-electron chi connectivity index (χ4n) is 2.97. The van der Waals surface area contributed by atoms with Crippen LogP contribution in [-0.4, -0.2) is 21.6 Å². The van der Waals surface area contributed by atoms with E-state index in [4.69, 9.17) is 5.26 Å². The standard InChI is InChI=1S/C23H14F2N4OS2/c24-22(25)32-21-18(5-2-10-27-21)20(30)29-23-28-19(13-31-23)17-4-1-3-16(11-17)15-8-6-14(12-26)7-9-15/h1-11,13,22H,(H,28,29,30). The predicted octanol–water partition coefficient (Wildman–Crippen LogP) is 6.31. The summed E-state index contributed by atoms with van der Waals surface area (Å²) in [6.07, 6.45) is 1.36. The molecule has 0 saturated heterocycles. The zero-order valence-corrected chi connectivity index (χ0v) is 18.0. The maximum atomic E-state index is 12.7. The molecule has 0 atom stereocenters. The Labute approximate surface area is 190 Å². The minimum atomic E-state index is -2.67. The number of carbonyl (C=O) groups is 1. The number of hydrogen-bond donors (Lipinski definition) is 1.